The molecule has 87 valence electrons. The van der Waals surface area contributed by atoms with Crippen LogP contribution in [0.1, 0.15) is 31.4 Å². The van der Waals surface area contributed by atoms with Crippen LogP contribution in [0.3, 0.4) is 0 Å². The Balaban J connectivity index is 0.000000331. The summed E-state index contributed by atoms with van der Waals surface area (Å²) in [5.41, 5.74) is 3.94. The molecule has 1 aromatic heterocycles. The molecular formula is C14H16N2Y-2. The molecule has 0 bridgehead atoms. The zero-order valence-corrected chi connectivity index (χ0v) is 13.2. The fraction of sp³-hybridized carbons (Fsp3) is 0.357. The Bertz CT molecular complexity index is 440. The van der Waals surface area contributed by atoms with Gasteiger partial charge in [-0.2, -0.15) is 13.8 Å². The van der Waals surface area contributed by atoms with E-state index in [1.807, 2.05) is 20.3 Å². The van der Waals surface area contributed by atoms with Crippen molar-refractivity contribution in [2.45, 2.75) is 33.1 Å². The van der Waals surface area contributed by atoms with Crippen molar-refractivity contribution in [1.82, 2.24) is 9.97 Å². The maximum Gasteiger partial charge on any atom is 0.0295 e. The van der Waals surface area contributed by atoms with Gasteiger partial charge in [-0.15, -0.1) is 11.5 Å². The Hall–Kier alpha value is -0.336. The normalized spacial score (nSPS) is 12.4. The number of benzene rings is 1. The van der Waals surface area contributed by atoms with Crippen LogP contribution in [0.25, 0.3) is 10.9 Å². The number of aromatic nitrogens is 2. The molecule has 0 N–H and O–H groups in total. The van der Waals surface area contributed by atoms with E-state index < -0.39 is 0 Å². The summed E-state index contributed by atoms with van der Waals surface area (Å²) in [5.74, 6) is 0. The van der Waals surface area contributed by atoms with E-state index in [4.69, 9.17) is 0 Å². The summed E-state index contributed by atoms with van der Waals surface area (Å²) in [6.45, 7) is 4.00. The van der Waals surface area contributed by atoms with Crippen LogP contribution in [0, 0.1) is 12.6 Å². The standard InChI is InChI=1S/C11H9N2.C3H7.Y/c1-2-8-4-10-6-12-7-13-11(10)5-9(8)3-1;1-3-2;/h4-5,7H,1-3H2;3H,1-2H3;/q2*-1;. The second-order valence-corrected chi connectivity index (χ2v) is 4.05. The molecule has 0 saturated heterocycles. The van der Waals surface area contributed by atoms with Gasteiger partial charge in [0.15, 0.2) is 0 Å². The zero-order valence-electron chi connectivity index (χ0n) is 10.4. The molecule has 0 saturated carbocycles. The molecule has 0 fully saturated rings. The van der Waals surface area contributed by atoms with Crippen LogP contribution in [-0.4, -0.2) is 9.97 Å². The van der Waals surface area contributed by atoms with Gasteiger partial charge in [-0.1, -0.05) is 17.2 Å². The smallest absolute Gasteiger partial charge is 0.0295 e. The van der Waals surface area contributed by atoms with Crippen molar-refractivity contribution >= 4 is 10.9 Å². The van der Waals surface area contributed by atoms with E-state index in [1.165, 1.54) is 30.4 Å². The molecule has 0 spiro atoms. The molecule has 0 atom stereocenters. The first-order chi connectivity index (χ1) is 7.85. The number of rotatable bonds is 0. The summed E-state index contributed by atoms with van der Waals surface area (Å²) in [4.78, 5) is 8.12. The van der Waals surface area contributed by atoms with Crippen molar-refractivity contribution in [3.8, 4) is 0 Å². The third-order valence-corrected chi connectivity index (χ3v) is 2.65. The molecule has 2 aromatic rings. The average molecular weight is 301 g/mol. The van der Waals surface area contributed by atoms with Crippen molar-refractivity contribution in [3.63, 3.8) is 0 Å². The van der Waals surface area contributed by atoms with Gasteiger partial charge in [-0.3, -0.25) is 0 Å². The largest absolute Gasteiger partial charge is 0.341 e. The molecule has 1 heterocycles. The van der Waals surface area contributed by atoms with Crippen molar-refractivity contribution in [1.29, 1.82) is 0 Å². The predicted octanol–water partition coefficient (Wildman–Crippen LogP) is 3.15. The van der Waals surface area contributed by atoms with Crippen LogP contribution >= 0.6 is 0 Å². The molecule has 0 aliphatic heterocycles. The van der Waals surface area contributed by atoms with Gasteiger partial charge in [0.1, 0.15) is 0 Å². The molecule has 0 unspecified atom stereocenters. The van der Waals surface area contributed by atoms with Crippen LogP contribution in [0.2, 0.25) is 0 Å². The molecule has 17 heavy (non-hydrogen) atoms. The maximum absolute atomic E-state index is 4.22. The molecule has 1 aliphatic carbocycles. The van der Waals surface area contributed by atoms with E-state index in [2.05, 4.69) is 28.3 Å². The fourth-order valence-corrected chi connectivity index (χ4v) is 2.00. The number of nitrogens with zero attached hydrogens (tertiary/aromatic N) is 2. The van der Waals surface area contributed by atoms with Gasteiger partial charge in [0.05, 0.1) is 0 Å². The van der Waals surface area contributed by atoms with Crippen molar-refractivity contribution in [2.75, 3.05) is 0 Å². The van der Waals surface area contributed by atoms with Crippen molar-refractivity contribution in [3.05, 3.63) is 42.2 Å². The number of fused-ring (bicyclic) bond motifs is 2. The molecule has 0 amide bonds. The topological polar surface area (TPSA) is 25.8 Å². The van der Waals surface area contributed by atoms with Crippen molar-refractivity contribution < 1.29 is 32.7 Å². The average Bonchev–Trinajstić information content (AvgIpc) is 2.74. The van der Waals surface area contributed by atoms with E-state index in [0.29, 0.717) is 0 Å². The van der Waals surface area contributed by atoms with Crippen LogP contribution < -0.4 is 0 Å². The Morgan fingerprint density at radius 2 is 1.82 bits per heavy atom. The summed E-state index contributed by atoms with van der Waals surface area (Å²) in [7, 11) is 0. The van der Waals surface area contributed by atoms with Crippen LogP contribution in [-0.2, 0) is 45.6 Å². The second kappa shape index (κ2) is 7.18. The molecule has 1 radical (unpaired) electrons. The molecular weight excluding hydrogens is 285 g/mol. The molecule has 1 aromatic carbocycles. The van der Waals surface area contributed by atoms with Crippen LogP contribution in [0.5, 0.6) is 0 Å². The number of aryl methyl sites for hydroxylation is 2. The minimum absolute atomic E-state index is 0. The molecule has 3 rings (SSSR count). The van der Waals surface area contributed by atoms with Gasteiger partial charge in [0.25, 0.3) is 0 Å². The van der Waals surface area contributed by atoms with E-state index >= 15 is 0 Å². The first kappa shape index (κ1) is 14.7. The molecule has 3 heteroatoms. The Kier molecular flexibility index (Phi) is 6.22. The SMILES string of the molecule is C[CH-]C.[Y].[c-]1ncnc2cc3c(cc12)CCC3. The minimum atomic E-state index is 0. The predicted molar refractivity (Wildman–Crippen MR) is 66.0 cm³/mol. The zero-order chi connectivity index (χ0) is 11.4. The summed E-state index contributed by atoms with van der Waals surface area (Å²) in [6.07, 6.45) is 10.2. The summed E-state index contributed by atoms with van der Waals surface area (Å²) < 4.78 is 0. The monoisotopic (exact) mass is 301 g/mol. The first-order valence-electron chi connectivity index (χ1n) is 5.73. The first-order valence-corrected chi connectivity index (χ1v) is 5.73. The third kappa shape index (κ3) is 3.56. The number of hydrogen-bond acceptors (Lipinski definition) is 2. The van der Waals surface area contributed by atoms with Crippen molar-refractivity contribution in [2.24, 2.45) is 0 Å². The molecule has 1 aliphatic rings. The van der Waals surface area contributed by atoms with E-state index in [-0.39, 0.29) is 32.7 Å². The summed E-state index contributed by atoms with van der Waals surface area (Å²) in [6, 6.07) is 4.35. The minimum Gasteiger partial charge on any atom is -0.341 e. The van der Waals surface area contributed by atoms with Crippen LogP contribution in [0.4, 0.5) is 0 Å². The summed E-state index contributed by atoms with van der Waals surface area (Å²) in [5, 5.41) is 1.04. The van der Waals surface area contributed by atoms with E-state index in [1.54, 1.807) is 6.33 Å². The summed E-state index contributed by atoms with van der Waals surface area (Å²) >= 11 is 0. The number of hydrogen-bond donors (Lipinski definition) is 0. The van der Waals surface area contributed by atoms with Gasteiger partial charge in [0, 0.05) is 39.0 Å². The Morgan fingerprint density at radius 3 is 2.53 bits per heavy atom. The fourth-order valence-electron chi connectivity index (χ4n) is 2.00. The van der Waals surface area contributed by atoms with Gasteiger partial charge in [-0.05, 0) is 31.0 Å². The second-order valence-electron chi connectivity index (χ2n) is 4.05. The Labute approximate surface area is 128 Å². The quantitative estimate of drug-likeness (QED) is 0.699. The maximum atomic E-state index is 4.22. The van der Waals surface area contributed by atoms with E-state index in [0.717, 1.165) is 10.9 Å². The Morgan fingerprint density at radius 1 is 1.18 bits per heavy atom. The van der Waals surface area contributed by atoms with E-state index in [9.17, 15) is 0 Å². The van der Waals surface area contributed by atoms with Crippen LogP contribution in [0.15, 0.2) is 18.5 Å². The van der Waals surface area contributed by atoms with Gasteiger partial charge >= 0.3 is 0 Å². The third-order valence-electron chi connectivity index (χ3n) is 2.65. The van der Waals surface area contributed by atoms with Gasteiger partial charge < -0.3 is 16.4 Å². The van der Waals surface area contributed by atoms with Gasteiger partial charge in [-0.25, -0.2) is 0 Å². The van der Waals surface area contributed by atoms with Gasteiger partial charge in [0.2, 0.25) is 0 Å². The molecule has 2 nitrogen and oxygen atoms in total.